The Hall–Kier alpha value is -0.150. The normalized spacial score (nSPS) is 30.6. The Balaban J connectivity index is 3.13. The summed E-state index contributed by atoms with van der Waals surface area (Å²) in [6.07, 6.45) is 10.2. The molecule has 0 bridgehead atoms. The van der Waals surface area contributed by atoms with Gasteiger partial charge in [0, 0.05) is 6.21 Å². The molecule has 1 aliphatic heterocycles. The monoisotopic (exact) mass is 173 g/mol. The number of hydrogen-bond donors (Lipinski definition) is 0. The Labute approximate surface area is 66.1 Å². The van der Waals surface area contributed by atoms with E-state index in [0.717, 1.165) is 0 Å². The van der Waals surface area contributed by atoms with Crippen molar-refractivity contribution in [1.82, 2.24) is 0 Å². The van der Waals surface area contributed by atoms with E-state index in [4.69, 9.17) is 0 Å². The van der Waals surface area contributed by atoms with E-state index in [1.807, 2.05) is 28.6 Å². The third-order valence-corrected chi connectivity index (χ3v) is 5.96. The van der Waals surface area contributed by atoms with Crippen LogP contribution in [0.15, 0.2) is 17.1 Å². The minimum Gasteiger partial charge on any atom is -0.258 e. The van der Waals surface area contributed by atoms with E-state index in [1.54, 1.807) is 0 Å². The molecule has 1 aliphatic rings. The summed E-state index contributed by atoms with van der Waals surface area (Å²) in [5, 5.41) is 2.23. The fraction of sp³-hybridized carbons (Fsp3) is 0.286. The van der Waals surface area contributed by atoms with Gasteiger partial charge in [-0.25, -0.2) is 0 Å². The Morgan fingerprint density at radius 3 is 2.90 bits per heavy atom. The Morgan fingerprint density at radius 2 is 2.20 bits per heavy atom. The van der Waals surface area contributed by atoms with E-state index in [2.05, 4.69) is 28.9 Å². The van der Waals surface area contributed by atoms with Gasteiger partial charge < -0.3 is 0 Å². The van der Waals surface area contributed by atoms with Gasteiger partial charge in [-0.05, 0) is 24.0 Å². The average Bonchev–Trinajstić information content (AvgIpc) is 2.15. The van der Waals surface area contributed by atoms with Crippen LogP contribution in [0.5, 0.6) is 0 Å². The highest BCUT2D eigenvalue weighted by Crippen LogP contribution is 2.32. The molecule has 56 valence electrons. The summed E-state index contributed by atoms with van der Waals surface area (Å²) in [6.45, 7) is 0. The first kappa shape index (κ1) is 7.95. The fourth-order valence-electron chi connectivity index (χ4n) is 0.590. The van der Waals surface area contributed by atoms with Gasteiger partial charge in [-0.1, -0.05) is 6.08 Å². The van der Waals surface area contributed by atoms with Crippen LogP contribution in [-0.4, -0.2) is 29.6 Å². The first-order valence-electron chi connectivity index (χ1n) is 2.97. The van der Waals surface area contributed by atoms with Crippen molar-refractivity contribution < 1.29 is 0 Å². The lowest BCUT2D eigenvalue weighted by atomic mass is 10.6. The minimum absolute atomic E-state index is 0.733. The highest BCUT2D eigenvalue weighted by molar-refractivity contribution is 8.90. The zero-order valence-electron chi connectivity index (χ0n) is 6.15. The predicted octanol–water partition coefficient (Wildman–Crippen LogP) is 1.90. The summed E-state index contributed by atoms with van der Waals surface area (Å²) in [5.41, 5.74) is 2.04. The van der Waals surface area contributed by atoms with Crippen molar-refractivity contribution in [3.05, 3.63) is 12.2 Å². The molecule has 0 fully saturated rings. The second-order valence-corrected chi connectivity index (χ2v) is 7.96. The molecular formula is C7H11NS2. The number of hydrogen-bond acceptors (Lipinski definition) is 2. The molecule has 0 radical (unpaired) electrons. The van der Waals surface area contributed by atoms with Crippen LogP contribution in [0.25, 0.3) is 0 Å². The van der Waals surface area contributed by atoms with Crippen molar-refractivity contribution in [2.75, 3.05) is 12.5 Å². The zero-order chi connectivity index (χ0) is 7.45. The second-order valence-electron chi connectivity index (χ2n) is 2.06. The number of rotatable bonds is 1. The van der Waals surface area contributed by atoms with Gasteiger partial charge in [0.05, 0.1) is 5.49 Å². The molecule has 0 saturated carbocycles. The molecule has 0 saturated heterocycles. The summed E-state index contributed by atoms with van der Waals surface area (Å²) in [4.78, 5) is 4.14. The lowest BCUT2D eigenvalue weighted by Gasteiger charge is -2.03. The van der Waals surface area contributed by atoms with Crippen molar-refractivity contribution in [2.45, 2.75) is 0 Å². The maximum absolute atomic E-state index is 4.14. The lowest BCUT2D eigenvalue weighted by Crippen LogP contribution is -1.73. The van der Waals surface area contributed by atoms with E-state index in [1.165, 1.54) is 0 Å². The van der Waals surface area contributed by atoms with E-state index >= 15 is 0 Å². The largest absolute Gasteiger partial charge is 0.258 e. The summed E-state index contributed by atoms with van der Waals surface area (Å²) in [5.74, 6) is 0. The molecule has 10 heavy (non-hydrogen) atoms. The molecule has 1 rings (SSSR count). The number of aliphatic imine (C=N–C) groups is 1. The van der Waals surface area contributed by atoms with Crippen LogP contribution in [-0.2, 0) is 0 Å². The number of allylic oxidation sites excluding steroid dienone is 2. The van der Waals surface area contributed by atoms with Gasteiger partial charge >= 0.3 is 0 Å². The van der Waals surface area contributed by atoms with E-state index in [9.17, 15) is 0 Å². The zero-order valence-corrected chi connectivity index (χ0v) is 7.78. The van der Waals surface area contributed by atoms with E-state index in [0.29, 0.717) is 0 Å². The molecule has 0 N–H and O–H groups in total. The average molecular weight is 173 g/mol. The summed E-state index contributed by atoms with van der Waals surface area (Å²) in [7, 11) is 1.14. The van der Waals surface area contributed by atoms with E-state index < -0.39 is 8.24 Å². The van der Waals surface area contributed by atoms with Crippen molar-refractivity contribution in [3.63, 3.8) is 0 Å². The molecule has 0 aromatic heterocycles. The van der Waals surface area contributed by atoms with Crippen LogP contribution in [0.2, 0.25) is 0 Å². The second kappa shape index (κ2) is 3.30. The molecule has 0 aromatic rings. The molecule has 1 nitrogen and oxygen atoms in total. The highest BCUT2D eigenvalue weighted by atomic mass is 33.1. The van der Waals surface area contributed by atoms with E-state index in [-0.39, 0.29) is 0 Å². The summed E-state index contributed by atoms with van der Waals surface area (Å²) in [6, 6.07) is 0. The first-order valence-corrected chi connectivity index (χ1v) is 6.88. The third-order valence-electron chi connectivity index (χ3n) is 1.26. The molecule has 0 aliphatic carbocycles. The van der Waals surface area contributed by atoms with Gasteiger partial charge in [-0.2, -0.15) is 0 Å². The lowest BCUT2D eigenvalue weighted by molar-refractivity contribution is 1.88. The number of nitrogens with zero attached hydrogens (tertiary/aromatic N) is 1. The molecule has 0 amide bonds. The van der Waals surface area contributed by atoms with Crippen molar-refractivity contribution >= 4 is 36.1 Å². The van der Waals surface area contributed by atoms with Crippen molar-refractivity contribution in [3.8, 4) is 0 Å². The van der Waals surface area contributed by atoms with Gasteiger partial charge in [0.1, 0.15) is 0 Å². The van der Waals surface area contributed by atoms with Crippen molar-refractivity contribution in [1.29, 1.82) is 0 Å². The molecule has 1 unspecified atom stereocenters. The van der Waals surface area contributed by atoms with Gasteiger partial charge in [-0.3, -0.25) is 4.99 Å². The third kappa shape index (κ3) is 1.92. The smallest absolute Gasteiger partial charge is 0.0547 e. The van der Waals surface area contributed by atoms with Gasteiger partial charge in [0.25, 0.3) is 0 Å². The minimum atomic E-state index is -0.733. The summed E-state index contributed by atoms with van der Waals surface area (Å²) < 4.78 is 0. The molecular weight excluding hydrogens is 162 g/mol. The molecule has 0 aromatic carbocycles. The standard InChI is InChI=1S/C7H11NS2/c1-9-10(2)6-4-3-5-8-7-10/h3-7H,1-2H3. The van der Waals surface area contributed by atoms with Crippen molar-refractivity contribution in [2.24, 2.45) is 4.99 Å². The fourth-order valence-corrected chi connectivity index (χ4v) is 2.51. The highest BCUT2D eigenvalue weighted by Gasteiger charge is 1.90. The topological polar surface area (TPSA) is 12.4 Å². The molecule has 1 heterocycles. The van der Waals surface area contributed by atoms with Crippen LogP contribution >= 0.6 is 19.0 Å². The molecule has 3 heteroatoms. The Morgan fingerprint density at radius 1 is 1.40 bits per heavy atom. The molecule has 0 spiro atoms. The Kier molecular flexibility index (Phi) is 2.63. The SMILES string of the molecule is CSS1(C)=CC=CC=NC=1. The van der Waals surface area contributed by atoms with Crippen LogP contribution in [0.4, 0.5) is 0 Å². The quantitative estimate of drug-likeness (QED) is 0.436. The first-order chi connectivity index (χ1) is 4.77. The maximum atomic E-state index is 4.14. The maximum Gasteiger partial charge on any atom is 0.0547 e. The van der Waals surface area contributed by atoms with Crippen LogP contribution < -0.4 is 0 Å². The molecule has 1 atom stereocenters. The van der Waals surface area contributed by atoms with Gasteiger partial charge in [0.15, 0.2) is 0 Å². The predicted molar refractivity (Wildman–Crippen MR) is 56.8 cm³/mol. The Bertz CT molecular complexity index is 254. The van der Waals surface area contributed by atoms with Crippen LogP contribution in [0.1, 0.15) is 0 Å². The van der Waals surface area contributed by atoms with Gasteiger partial charge in [-0.15, -0.1) is 19.0 Å². The van der Waals surface area contributed by atoms with Crippen LogP contribution in [0, 0.1) is 0 Å². The van der Waals surface area contributed by atoms with Gasteiger partial charge in [0.2, 0.25) is 0 Å². The van der Waals surface area contributed by atoms with Crippen LogP contribution in [0.3, 0.4) is 0 Å². The summed E-state index contributed by atoms with van der Waals surface area (Å²) >= 11 is 0.